The molecule has 0 fully saturated rings. The molecule has 1 aromatic rings. The summed E-state index contributed by atoms with van der Waals surface area (Å²) in [6, 6.07) is 4.00. The van der Waals surface area contributed by atoms with Crippen molar-refractivity contribution < 1.29 is 9.47 Å². The SMILES string of the molecule is CC(C)(N)Cc1cc2c(cc1Br)OCCCO2. The Bertz CT molecular complexity index is 413. The predicted molar refractivity (Wildman–Crippen MR) is 71.7 cm³/mol. The van der Waals surface area contributed by atoms with Gasteiger partial charge in [-0.05, 0) is 38.0 Å². The van der Waals surface area contributed by atoms with Crippen LogP contribution in [0, 0.1) is 0 Å². The Kier molecular flexibility index (Phi) is 3.64. The highest BCUT2D eigenvalue weighted by molar-refractivity contribution is 9.10. The maximum absolute atomic E-state index is 6.05. The zero-order chi connectivity index (χ0) is 12.5. The molecule has 3 nitrogen and oxygen atoms in total. The summed E-state index contributed by atoms with van der Waals surface area (Å²) < 4.78 is 12.3. The zero-order valence-corrected chi connectivity index (χ0v) is 11.8. The summed E-state index contributed by atoms with van der Waals surface area (Å²) in [5, 5.41) is 0. The Hall–Kier alpha value is -0.740. The van der Waals surface area contributed by atoms with Gasteiger partial charge in [-0.25, -0.2) is 0 Å². The number of nitrogens with two attached hydrogens (primary N) is 1. The molecule has 0 radical (unpaired) electrons. The van der Waals surface area contributed by atoms with Gasteiger partial charge in [-0.15, -0.1) is 0 Å². The maximum atomic E-state index is 6.05. The van der Waals surface area contributed by atoms with Gasteiger partial charge in [0, 0.05) is 16.4 Å². The first-order chi connectivity index (χ1) is 7.96. The Labute approximate surface area is 110 Å². The molecule has 0 bridgehead atoms. The quantitative estimate of drug-likeness (QED) is 0.913. The summed E-state index contributed by atoms with van der Waals surface area (Å²) in [6.45, 7) is 5.45. The van der Waals surface area contributed by atoms with Crippen molar-refractivity contribution in [2.45, 2.75) is 32.2 Å². The fraction of sp³-hybridized carbons (Fsp3) is 0.538. The third-order valence-electron chi connectivity index (χ3n) is 2.56. The second-order valence-electron chi connectivity index (χ2n) is 5.11. The molecule has 0 unspecified atom stereocenters. The van der Waals surface area contributed by atoms with Gasteiger partial charge in [0.15, 0.2) is 11.5 Å². The van der Waals surface area contributed by atoms with Gasteiger partial charge in [-0.3, -0.25) is 0 Å². The molecule has 1 aliphatic rings. The van der Waals surface area contributed by atoms with Crippen molar-refractivity contribution in [1.29, 1.82) is 0 Å². The van der Waals surface area contributed by atoms with E-state index < -0.39 is 0 Å². The molecule has 0 saturated heterocycles. The van der Waals surface area contributed by atoms with Crippen molar-refractivity contribution in [3.8, 4) is 11.5 Å². The number of fused-ring (bicyclic) bond motifs is 1. The molecule has 2 rings (SSSR count). The fourth-order valence-corrected chi connectivity index (χ4v) is 2.31. The topological polar surface area (TPSA) is 44.5 Å². The molecule has 1 aliphatic heterocycles. The van der Waals surface area contributed by atoms with E-state index in [1.54, 1.807) is 0 Å². The van der Waals surface area contributed by atoms with Gasteiger partial charge in [0.1, 0.15) is 0 Å². The van der Waals surface area contributed by atoms with E-state index in [1.165, 1.54) is 0 Å². The molecular weight excluding hydrogens is 282 g/mol. The summed E-state index contributed by atoms with van der Waals surface area (Å²) in [5.41, 5.74) is 6.97. The second-order valence-corrected chi connectivity index (χ2v) is 5.96. The second kappa shape index (κ2) is 4.86. The van der Waals surface area contributed by atoms with Crippen LogP contribution < -0.4 is 15.2 Å². The summed E-state index contributed by atoms with van der Waals surface area (Å²) in [4.78, 5) is 0. The fourth-order valence-electron chi connectivity index (χ4n) is 1.85. The molecule has 0 aliphatic carbocycles. The van der Waals surface area contributed by atoms with Gasteiger partial charge in [0.25, 0.3) is 0 Å². The highest BCUT2D eigenvalue weighted by atomic mass is 79.9. The van der Waals surface area contributed by atoms with Crippen LogP contribution >= 0.6 is 15.9 Å². The van der Waals surface area contributed by atoms with Crippen LogP contribution in [-0.2, 0) is 6.42 Å². The Morgan fingerprint density at radius 3 is 2.41 bits per heavy atom. The van der Waals surface area contributed by atoms with Gasteiger partial charge in [-0.1, -0.05) is 15.9 Å². The first kappa shape index (κ1) is 12.7. The first-order valence-electron chi connectivity index (χ1n) is 5.83. The van der Waals surface area contributed by atoms with E-state index in [2.05, 4.69) is 15.9 Å². The summed E-state index contributed by atoms with van der Waals surface area (Å²) in [5.74, 6) is 1.64. The van der Waals surface area contributed by atoms with Gasteiger partial charge < -0.3 is 15.2 Å². The van der Waals surface area contributed by atoms with Gasteiger partial charge in [0.2, 0.25) is 0 Å². The molecule has 4 heteroatoms. The van der Waals surface area contributed by atoms with Crippen molar-refractivity contribution in [1.82, 2.24) is 0 Å². The highest BCUT2D eigenvalue weighted by Crippen LogP contribution is 2.36. The van der Waals surface area contributed by atoms with E-state index >= 15 is 0 Å². The van der Waals surface area contributed by atoms with Crippen molar-refractivity contribution >= 4 is 15.9 Å². The molecule has 94 valence electrons. The molecular formula is C13H18BrNO2. The van der Waals surface area contributed by atoms with Crippen molar-refractivity contribution in [2.75, 3.05) is 13.2 Å². The molecule has 0 aromatic heterocycles. The Balaban J connectivity index is 2.32. The van der Waals surface area contributed by atoms with Crippen molar-refractivity contribution in [2.24, 2.45) is 5.73 Å². The minimum absolute atomic E-state index is 0.234. The lowest BCUT2D eigenvalue weighted by atomic mass is 9.96. The number of rotatable bonds is 2. The van der Waals surface area contributed by atoms with E-state index in [9.17, 15) is 0 Å². The van der Waals surface area contributed by atoms with Crippen molar-refractivity contribution in [3.63, 3.8) is 0 Å². The lowest BCUT2D eigenvalue weighted by Crippen LogP contribution is -2.34. The van der Waals surface area contributed by atoms with Crippen molar-refractivity contribution in [3.05, 3.63) is 22.2 Å². The normalized spacial score (nSPS) is 15.5. The minimum atomic E-state index is -0.234. The maximum Gasteiger partial charge on any atom is 0.162 e. The molecule has 17 heavy (non-hydrogen) atoms. The summed E-state index contributed by atoms with van der Waals surface area (Å²) >= 11 is 3.56. The van der Waals surface area contributed by atoms with Crippen LogP contribution in [0.25, 0.3) is 0 Å². The molecule has 0 spiro atoms. The van der Waals surface area contributed by atoms with Gasteiger partial charge >= 0.3 is 0 Å². The molecule has 1 heterocycles. The first-order valence-corrected chi connectivity index (χ1v) is 6.62. The van der Waals surface area contributed by atoms with E-state index in [0.717, 1.165) is 34.4 Å². The van der Waals surface area contributed by atoms with Gasteiger partial charge in [0.05, 0.1) is 13.2 Å². The lowest BCUT2D eigenvalue weighted by molar-refractivity contribution is 0.297. The number of hydrogen-bond donors (Lipinski definition) is 1. The Morgan fingerprint density at radius 1 is 1.24 bits per heavy atom. The van der Waals surface area contributed by atoms with E-state index in [4.69, 9.17) is 15.2 Å². The molecule has 2 N–H and O–H groups in total. The van der Waals surface area contributed by atoms with Gasteiger partial charge in [-0.2, -0.15) is 0 Å². The summed E-state index contributed by atoms with van der Waals surface area (Å²) in [6.07, 6.45) is 1.72. The van der Waals surface area contributed by atoms with Crippen LogP contribution in [0.1, 0.15) is 25.8 Å². The highest BCUT2D eigenvalue weighted by Gasteiger charge is 2.18. The average Bonchev–Trinajstić information content (AvgIpc) is 2.41. The molecule has 1 aromatic carbocycles. The van der Waals surface area contributed by atoms with E-state index in [0.29, 0.717) is 13.2 Å². The van der Waals surface area contributed by atoms with Crippen LogP contribution in [0.5, 0.6) is 11.5 Å². The third-order valence-corrected chi connectivity index (χ3v) is 3.30. The van der Waals surface area contributed by atoms with Crippen LogP contribution in [0.2, 0.25) is 0 Å². The van der Waals surface area contributed by atoms with E-state index in [1.807, 2.05) is 26.0 Å². The number of benzene rings is 1. The van der Waals surface area contributed by atoms with Crippen LogP contribution in [-0.4, -0.2) is 18.8 Å². The minimum Gasteiger partial charge on any atom is -0.490 e. The average molecular weight is 300 g/mol. The smallest absolute Gasteiger partial charge is 0.162 e. The predicted octanol–water partition coefficient (Wildman–Crippen LogP) is 2.89. The third kappa shape index (κ3) is 3.36. The largest absolute Gasteiger partial charge is 0.490 e. The standard InChI is InChI=1S/C13H18BrNO2/c1-13(2,15)8-9-6-11-12(7-10(9)14)17-5-3-4-16-11/h6-7H,3-5,8,15H2,1-2H3. The molecule has 0 amide bonds. The zero-order valence-electron chi connectivity index (χ0n) is 10.3. The van der Waals surface area contributed by atoms with Crippen LogP contribution in [0.15, 0.2) is 16.6 Å². The molecule has 0 atom stereocenters. The van der Waals surface area contributed by atoms with Crippen LogP contribution in [0.4, 0.5) is 0 Å². The number of halogens is 1. The number of ether oxygens (including phenoxy) is 2. The number of hydrogen-bond acceptors (Lipinski definition) is 3. The lowest BCUT2D eigenvalue weighted by Gasteiger charge is -2.20. The van der Waals surface area contributed by atoms with E-state index in [-0.39, 0.29) is 5.54 Å². The molecule has 0 saturated carbocycles. The monoisotopic (exact) mass is 299 g/mol. The summed E-state index contributed by atoms with van der Waals surface area (Å²) in [7, 11) is 0. The Morgan fingerprint density at radius 2 is 1.82 bits per heavy atom. The van der Waals surface area contributed by atoms with Crippen LogP contribution in [0.3, 0.4) is 0 Å².